The van der Waals surface area contributed by atoms with E-state index in [9.17, 15) is 23.3 Å². The van der Waals surface area contributed by atoms with Crippen LogP contribution in [0.5, 0.6) is 0 Å². The number of hydrogen-bond acceptors (Lipinski definition) is 6. The minimum atomic E-state index is -3.45. The maximum atomic E-state index is 11.8. The zero-order valence-corrected chi connectivity index (χ0v) is 14.0. The maximum absolute atomic E-state index is 11.8. The summed E-state index contributed by atoms with van der Waals surface area (Å²) in [5.41, 5.74) is 0.00320. The molecule has 2 aromatic carbocycles. The molecule has 0 fully saturated rings. The van der Waals surface area contributed by atoms with Gasteiger partial charge in [0.05, 0.1) is 14.7 Å². The number of carbonyl (C=O) groups is 1. The lowest BCUT2D eigenvalue weighted by Crippen LogP contribution is -2.00. The summed E-state index contributed by atoms with van der Waals surface area (Å²) in [4.78, 5) is 22.8. The van der Waals surface area contributed by atoms with Crippen molar-refractivity contribution in [3.05, 3.63) is 58.1 Å². The molecular weight excluding hydrogens is 338 g/mol. The van der Waals surface area contributed by atoms with E-state index >= 15 is 0 Å². The molecule has 0 radical (unpaired) electrons. The summed E-state index contributed by atoms with van der Waals surface area (Å²) in [7, 11) is -3.45. The number of ketones is 1. The Morgan fingerprint density at radius 2 is 1.78 bits per heavy atom. The molecule has 8 heteroatoms. The van der Waals surface area contributed by atoms with Gasteiger partial charge in [0, 0.05) is 22.8 Å². The molecular formula is C15H13NO5S2. The van der Waals surface area contributed by atoms with Crippen molar-refractivity contribution in [1.29, 1.82) is 0 Å². The van der Waals surface area contributed by atoms with Crippen LogP contribution in [0.15, 0.2) is 57.2 Å². The molecule has 0 unspecified atom stereocenters. The Kier molecular flexibility index (Phi) is 4.86. The van der Waals surface area contributed by atoms with E-state index in [4.69, 9.17) is 0 Å². The molecule has 120 valence electrons. The van der Waals surface area contributed by atoms with Gasteiger partial charge >= 0.3 is 0 Å². The van der Waals surface area contributed by atoms with Crippen LogP contribution in [-0.4, -0.2) is 25.4 Å². The van der Waals surface area contributed by atoms with Gasteiger partial charge in [0.25, 0.3) is 5.69 Å². The van der Waals surface area contributed by atoms with Crippen molar-refractivity contribution in [2.75, 3.05) is 6.26 Å². The Labute approximate surface area is 137 Å². The van der Waals surface area contributed by atoms with Gasteiger partial charge in [-0.25, -0.2) is 8.42 Å². The summed E-state index contributed by atoms with van der Waals surface area (Å²) in [5.74, 6) is -0.277. The first-order valence-corrected chi connectivity index (χ1v) is 9.17. The van der Waals surface area contributed by atoms with Crippen LogP contribution in [0.2, 0.25) is 0 Å². The summed E-state index contributed by atoms with van der Waals surface area (Å²) < 4.78 is 23.6. The molecule has 0 aliphatic heterocycles. The highest BCUT2D eigenvalue weighted by Gasteiger charge is 2.20. The van der Waals surface area contributed by atoms with Crippen molar-refractivity contribution in [2.24, 2.45) is 0 Å². The fraction of sp³-hybridized carbons (Fsp3) is 0.133. The molecule has 0 atom stereocenters. The van der Waals surface area contributed by atoms with Crippen LogP contribution in [0.4, 0.5) is 5.69 Å². The highest BCUT2D eigenvalue weighted by atomic mass is 32.2. The number of nitro groups is 1. The van der Waals surface area contributed by atoms with Gasteiger partial charge in [0.2, 0.25) is 0 Å². The summed E-state index contributed by atoms with van der Waals surface area (Å²) in [6.07, 6.45) is 1.08. The van der Waals surface area contributed by atoms with Crippen molar-refractivity contribution >= 4 is 33.1 Å². The van der Waals surface area contributed by atoms with Gasteiger partial charge in [0.15, 0.2) is 15.6 Å². The molecule has 23 heavy (non-hydrogen) atoms. The quantitative estimate of drug-likeness (QED) is 0.466. The van der Waals surface area contributed by atoms with E-state index in [0.717, 1.165) is 18.0 Å². The first kappa shape index (κ1) is 17.2. The molecule has 0 spiro atoms. The largest absolute Gasteiger partial charge is 0.295 e. The maximum Gasteiger partial charge on any atom is 0.283 e. The monoisotopic (exact) mass is 351 g/mol. The number of Topliss-reactive ketones (excluding diaryl/α,β-unsaturated/α-hetero) is 1. The second kappa shape index (κ2) is 6.51. The van der Waals surface area contributed by atoms with Gasteiger partial charge in [0.1, 0.15) is 0 Å². The SMILES string of the molecule is CC(=O)c1ccc(Sc2ccccc2S(C)(=O)=O)c([N+](=O)[O-])c1. The average Bonchev–Trinajstić information content (AvgIpc) is 2.46. The van der Waals surface area contributed by atoms with E-state index in [1.807, 2.05) is 0 Å². The molecule has 0 aromatic heterocycles. The molecule has 0 N–H and O–H groups in total. The predicted molar refractivity (Wildman–Crippen MR) is 86.8 cm³/mol. The fourth-order valence-corrected chi connectivity index (χ4v) is 4.19. The van der Waals surface area contributed by atoms with Crippen molar-refractivity contribution < 1.29 is 18.1 Å². The molecule has 0 saturated carbocycles. The van der Waals surface area contributed by atoms with Crippen LogP contribution >= 0.6 is 11.8 Å². The Balaban J connectivity index is 2.54. The number of carbonyl (C=O) groups excluding carboxylic acids is 1. The van der Waals surface area contributed by atoms with Gasteiger partial charge in [-0.2, -0.15) is 0 Å². The molecule has 2 rings (SSSR count). The number of rotatable bonds is 5. The first-order valence-electron chi connectivity index (χ1n) is 6.46. The van der Waals surface area contributed by atoms with Crippen LogP contribution in [0, 0.1) is 10.1 Å². The third-order valence-corrected chi connectivity index (χ3v) is 5.46. The average molecular weight is 351 g/mol. The van der Waals surface area contributed by atoms with E-state index in [1.165, 1.54) is 31.2 Å². The van der Waals surface area contributed by atoms with Crippen LogP contribution in [0.25, 0.3) is 0 Å². The second-order valence-electron chi connectivity index (χ2n) is 4.82. The van der Waals surface area contributed by atoms with Gasteiger partial charge in [-0.05, 0) is 31.2 Å². The predicted octanol–water partition coefficient (Wildman–Crippen LogP) is 3.35. The normalized spacial score (nSPS) is 11.2. The standard InChI is InChI=1S/C15H13NO5S2/c1-10(17)11-7-8-13(12(9-11)16(18)19)22-14-5-3-4-6-15(14)23(2,20)21/h3-9H,1-2H3. The summed E-state index contributed by atoms with van der Waals surface area (Å²) >= 11 is 0.984. The Morgan fingerprint density at radius 3 is 2.35 bits per heavy atom. The number of sulfone groups is 1. The minimum absolute atomic E-state index is 0.106. The number of benzene rings is 2. The van der Waals surface area contributed by atoms with Gasteiger partial charge in [-0.3, -0.25) is 14.9 Å². The van der Waals surface area contributed by atoms with Gasteiger partial charge in [-0.1, -0.05) is 23.9 Å². The van der Waals surface area contributed by atoms with Gasteiger partial charge in [-0.15, -0.1) is 0 Å². The van der Waals surface area contributed by atoms with Crippen molar-refractivity contribution in [3.63, 3.8) is 0 Å². The van der Waals surface area contributed by atoms with Crippen LogP contribution in [-0.2, 0) is 9.84 Å². The molecule has 0 amide bonds. The molecule has 0 aliphatic rings. The second-order valence-corrected chi connectivity index (χ2v) is 7.88. The zero-order valence-electron chi connectivity index (χ0n) is 12.3. The fourth-order valence-electron chi connectivity index (χ4n) is 1.92. The van der Waals surface area contributed by atoms with E-state index in [2.05, 4.69) is 0 Å². The van der Waals surface area contributed by atoms with Gasteiger partial charge < -0.3 is 0 Å². The topological polar surface area (TPSA) is 94.3 Å². The van der Waals surface area contributed by atoms with Crippen LogP contribution in [0.1, 0.15) is 17.3 Å². The molecule has 2 aromatic rings. The van der Waals surface area contributed by atoms with E-state index in [0.29, 0.717) is 4.90 Å². The highest BCUT2D eigenvalue weighted by Crippen LogP contribution is 2.38. The number of hydrogen-bond donors (Lipinski definition) is 0. The minimum Gasteiger partial charge on any atom is -0.295 e. The lowest BCUT2D eigenvalue weighted by atomic mass is 10.1. The summed E-state index contributed by atoms with van der Waals surface area (Å²) in [6.45, 7) is 1.32. The highest BCUT2D eigenvalue weighted by molar-refractivity contribution is 8.00. The van der Waals surface area contributed by atoms with Crippen molar-refractivity contribution in [1.82, 2.24) is 0 Å². The molecule has 0 heterocycles. The Morgan fingerprint density at radius 1 is 1.13 bits per heavy atom. The van der Waals surface area contributed by atoms with Crippen molar-refractivity contribution in [3.8, 4) is 0 Å². The molecule has 0 saturated heterocycles. The van der Waals surface area contributed by atoms with E-state index in [1.54, 1.807) is 18.2 Å². The van der Waals surface area contributed by atoms with E-state index < -0.39 is 14.8 Å². The van der Waals surface area contributed by atoms with Crippen LogP contribution < -0.4 is 0 Å². The number of nitro benzene ring substituents is 1. The third kappa shape index (κ3) is 3.96. The molecule has 0 aliphatic carbocycles. The summed E-state index contributed by atoms with van der Waals surface area (Å²) in [6, 6.07) is 10.4. The first-order chi connectivity index (χ1) is 10.7. The molecule has 0 bridgehead atoms. The smallest absolute Gasteiger partial charge is 0.283 e. The van der Waals surface area contributed by atoms with E-state index in [-0.39, 0.29) is 26.8 Å². The lowest BCUT2D eigenvalue weighted by Gasteiger charge is -2.08. The Bertz CT molecular complexity index is 890. The zero-order chi connectivity index (χ0) is 17.2. The third-order valence-electron chi connectivity index (χ3n) is 3.03. The van der Waals surface area contributed by atoms with Crippen molar-refractivity contribution in [2.45, 2.75) is 21.6 Å². The van der Waals surface area contributed by atoms with Crippen LogP contribution in [0.3, 0.4) is 0 Å². The lowest BCUT2D eigenvalue weighted by molar-refractivity contribution is -0.387. The summed E-state index contributed by atoms with van der Waals surface area (Å²) in [5, 5.41) is 11.2. The number of nitrogens with zero attached hydrogens (tertiary/aromatic N) is 1. The Hall–Kier alpha value is -2.19. The molecule has 6 nitrogen and oxygen atoms in total.